The molecule has 0 saturated heterocycles. The molecule has 0 atom stereocenters. The molecule has 0 aliphatic carbocycles. The summed E-state index contributed by atoms with van der Waals surface area (Å²) in [7, 11) is 0. The van der Waals surface area contributed by atoms with Gasteiger partial charge in [0, 0.05) is 24.7 Å². The van der Waals surface area contributed by atoms with Gasteiger partial charge in [0.05, 0.1) is 11.6 Å². The Kier molecular flexibility index (Phi) is 3.79. The van der Waals surface area contributed by atoms with Crippen LogP contribution in [0.25, 0.3) is 5.65 Å². The molecule has 0 spiro atoms. The second kappa shape index (κ2) is 6.06. The van der Waals surface area contributed by atoms with E-state index in [1.165, 1.54) is 0 Å². The predicted molar refractivity (Wildman–Crippen MR) is 80.2 cm³/mol. The first-order chi connectivity index (χ1) is 10.8. The molecule has 0 unspecified atom stereocenters. The van der Waals surface area contributed by atoms with E-state index in [1.807, 2.05) is 34.9 Å². The van der Waals surface area contributed by atoms with Crippen molar-refractivity contribution in [2.45, 2.75) is 6.42 Å². The fraction of sp³-hybridized carbons (Fsp3) is 0.125. The number of aromatic nitrogens is 3. The van der Waals surface area contributed by atoms with Gasteiger partial charge in [-0.3, -0.25) is 9.20 Å². The molecule has 6 heteroatoms. The molecule has 108 valence electrons. The second-order valence-corrected chi connectivity index (χ2v) is 4.74. The van der Waals surface area contributed by atoms with Crippen LogP contribution in [0.2, 0.25) is 0 Å². The highest BCUT2D eigenvalue weighted by molar-refractivity contribution is 5.94. The molecule has 0 bridgehead atoms. The number of nitriles is 1. The molecule has 2 heterocycles. The highest BCUT2D eigenvalue weighted by Crippen LogP contribution is 2.05. The van der Waals surface area contributed by atoms with Gasteiger partial charge in [-0.25, -0.2) is 0 Å². The average molecular weight is 291 g/mol. The van der Waals surface area contributed by atoms with E-state index >= 15 is 0 Å². The summed E-state index contributed by atoms with van der Waals surface area (Å²) in [6.45, 7) is 0.450. The first-order valence-corrected chi connectivity index (χ1v) is 6.85. The van der Waals surface area contributed by atoms with Crippen LogP contribution in [-0.4, -0.2) is 27.0 Å². The van der Waals surface area contributed by atoms with Crippen LogP contribution in [0.4, 0.5) is 0 Å². The molecule has 2 aromatic heterocycles. The summed E-state index contributed by atoms with van der Waals surface area (Å²) in [6.07, 6.45) is 2.47. The van der Waals surface area contributed by atoms with E-state index in [4.69, 9.17) is 5.26 Å². The van der Waals surface area contributed by atoms with Gasteiger partial charge in [0.2, 0.25) is 0 Å². The van der Waals surface area contributed by atoms with Crippen LogP contribution in [0.3, 0.4) is 0 Å². The zero-order valence-corrected chi connectivity index (χ0v) is 11.7. The normalized spacial score (nSPS) is 10.3. The lowest BCUT2D eigenvalue weighted by atomic mass is 10.1. The van der Waals surface area contributed by atoms with Crippen molar-refractivity contribution in [3.05, 3.63) is 65.6 Å². The maximum atomic E-state index is 12.0. The van der Waals surface area contributed by atoms with E-state index in [1.54, 1.807) is 24.3 Å². The van der Waals surface area contributed by atoms with E-state index in [0.717, 1.165) is 11.5 Å². The van der Waals surface area contributed by atoms with Crippen LogP contribution in [0.15, 0.2) is 48.7 Å². The van der Waals surface area contributed by atoms with Crippen LogP contribution >= 0.6 is 0 Å². The quantitative estimate of drug-likeness (QED) is 0.791. The van der Waals surface area contributed by atoms with Crippen molar-refractivity contribution in [1.82, 2.24) is 19.9 Å². The van der Waals surface area contributed by atoms with Crippen molar-refractivity contribution in [2.24, 2.45) is 0 Å². The van der Waals surface area contributed by atoms with E-state index in [2.05, 4.69) is 15.5 Å². The largest absolute Gasteiger partial charge is 0.352 e. The zero-order valence-electron chi connectivity index (χ0n) is 11.7. The Morgan fingerprint density at radius 3 is 3.00 bits per heavy atom. The molecule has 3 rings (SSSR count). The number of carbonyl (C=O) groups excluding carboxylic acids is 1. The Hall–Kier alpha value is -3.20. The number of amides is 1. The van der Waals surface area contributed by atoms with Crippen LogP contribution in [0, 0.1) is 11.3 Å². The SMILES string of the molecule is N#Cc1cccc(C(=O)NCCc2nnc3ccccn23)c1. The lowest BCUT2D eigenvalue weighted by Crippen LogP contribution is -2.26. The first kappa shape index (κ1) is 13.8. The molecule has 0 aliphatic rings. The van der Waals surface area contributed by atoms with Crippen molar-refractivity contribution in [1.29, 1.82) is 5.26 Å². The topological polar surface area (TPSA) is 83.1 Å². The van der Waals surface area contributed by atoms with Crippen molar-refractivity contribution in [2.75, 3.05) is 6.54 Å². The van der Waals surface area contributed by atoms with E-state index < -0.39 is 0 Å². The van der Waals surface area contributed by atoms with Gasteiger partial charge in [0.25, 0.3) is 5.91 Å². The summed E-state index contributed by atoms with van der Waals surface area (Å²) in [4.78, 5) is 12.0. The number of hydrogen-bond acceptors (Lipinski definition) is 4. The molecular weight excluding hydrogens is 278 g/mol. The van der Waals surface area contributed by atoms with Crippen LogP contribution < -0.4 is 5.32 Å². The molecule has 6 nitrogen and oxygen atoms in total. The van der Waals surface area contributed by atoms with Gasteiger partial charge in [0.1, 0.15) is 5.82 Å². The molecular formula is C16H13N5O. The van der Waals surface area contributed by atoms with Gasteiger partial charge in [-0.15, -0.1) is 10.2 Å². The van der Waals surface area contributed by atoms with Crippen molar-refractivity contribution in [3.63, 3.8) is 0 Å². The molecule has 0 saturated carbocycles. The van der Waals surface area contributed by atoms with Crippen molar-refractivity contribution in [3.8, 4) is 6.07 Å². The third kappa shape index (κ3) is 2.79. The van der Waals surface area contributed by atoms with Gasteiger partial charge in [-0.05, 0) is 30.3 Å². The summed E-state index contributed by atoms with van der Waals surface area (Å²) in [5, 5.41) is 19.8. The van der Waals surface area contributed by atoms with E-state index in [9.17, 15) is 4.79 Å². The lowest BCUT2D eigenvalue weighted by Gasteiger charge is -2.05. The minimum absolute atomic E-state index is 0.203. The highest BCUT2D eigenvalue weighted by atomic mass is 16.1. The summed E-state index contributed by atoms with van der Waals surface area (Å²) in [5.74, 6) is 0.590. The zero-order chi connectivity index (χ0) is 15.4. The minimum Gasteiger partial charge on any atom is -0.352 e. The van der Waals surface area contributed by atoms with Gasteiger partial charge in [0.15, 0.2) is 5.65 Å². The van der Waals surface area contributed by atoms with Crippen LogP contribution in [0.5, 0.6) is 0 Å². The van der Waals surface area contributed by atoms with Gasteiger partial charge < -0.3 is 5.32 Å². The molecule has 0 radical (unpaired) electrons. The Morgan fingerprint density at radius 2 is 2.14 bits per heavy atom. The van der Waals surface area contributed by atoms with Crippen molar-refractivity contribution < 1.29 is 4.79 Å². The van der Waals surface area contributed by atoms with E-state index in [-0.39, 0.29) is 5.91 Å². The molecule has 1 amide bonds. The second-order valence-electron chi connectivity index (χ2n) is 4.74. The molecule has 3 aromatic rings. The molecule has 22 heavy (non-hydrogen) atoms. The summed E-state index contributed by atoms with van der Waals surface area (Å²) in [5.41, 5.74) is 1.73. The third-order valence-corrected chi connectivity index (χ3v) is 3.27. The van der Waals surface area contributed by atoms with Gasteiger partial charge in [-0.1, -0.05) is 12.1 Å². The monoisotopic (exact) mass is 291 g/mol. The van der Waals surface area contributed by atoms with Crippen molar-refractivity contribution >= 4 is 11.6 Å². The number of carbonyl (C=O) groups is 1. The summed E-state index contributed by atoms with van der Waals surface area (Å²) < 4.78 is 1.89. The number of rotatable bonds is 4. The lowest BCUT2D eigenvalue weighted by molar-refractivity contribution is 0.0954. The Morgan fingerprint density at radius 1 is 1.23 bits per heavy atom. The first-order valence-electron chi connectivity index (χ1n) is 6.85. The van der Waals surface area contributed by atoms with Crippen LogP contribution in [-0.2, 0) is 6.42 Å². The molecule has 1 N–H and O–H groups in total. The van der Waals surface area contributed by atoms with Gasteiger partial charge in [-0.2, -0.15) is 5.26 Å². The maximum Gasteiger partial charge on any atom is 0.251 e. The maximum absolute atomic E-state index is 12.0. The van der Waals surface area contributed by atoms with Gasteiger partial charge >= 0.3 is 0 Å². The summed E-state index contributed by atoms with van der Waals surface area (Å²) >= 11 is 0. The Bertz CT molecular complexity index is 862. The minimum atomic E-state index is -0.203. The number of fused-ring (bicyclic) bond motifs is 1. The van der Waals surface area contributed by atoms with Crippen LogP contribution in [0.1, 0.15) is 21.7 Å². The third-order valence-electron chi connectivity index (χ3n) is 3.27. The number of pyridine rings is 1. The predicted octanol–water partition coefficient (Wildman–Crippen LogP) is 1.57. The standard InChI is InChI=1S/C16H13N5O/c17-11-12-4-3-5-13(10-12)16(22)18-8-7-15-20-19-14-6-1-2-9-21(14)15/h1-6,9-10H,7-8H2,(H,18,22). The molecule has 0 fully saturated rings. The Balaban J connectivity index is 1.63. The number of nitrogens with one attached hydrogen (secondary N) is 1. The number of nitrogens with zero attached hydrogens (tertiary/aromatic N) is 4. The number of benzene rings is 1. The fourth-order valence-electron chi connectivity index (χ4n) is 2.18. The fourth-order valence-corrected chi connectivity index (χ4v) is 2.18. The number of hydrogen-bond donors (Lipinski definition) is 1. The van der Waals surface area contributed by atoms with E-state index in [0.29, 0.717) is 24.1 Å². The molecule has 0 aliphatic heterocycles. The smallest absolute Gasteiger partial charge is 0.251 e. The Labute approximate surface area is 127 Å². The summed E-state index contributed by atoms with van der Waals surface area (Å²) in [6, 6.07) is 14.3. The molecule has 1 aromatic carbocycles. The highest BCUT2D eigenvalue weighted by Gasteiger charge is 2.08. The average Bonchev–Trinajstić information content (AvgIpc) is 2.98.